The highest BCUT2D eigenvalue weighted by Gasteiger charge is 2.36. The second kappa shape index (κ2) is 10.4. The third kappa shape index (κ3) is 6.11. The number of hydrogen-bond donors (Lipinski definition) is 1. The molecule has 2 atom stereocenters. The maximum Gasteiger partial charge on any atom is 0.221 e. The van der Waals surface area contributed by atoms with Gasteiger partial charge in [0.05, 0.1) is 28.7 Å². The predicted octanol–water partition coefficient (Wildman–Crippen LogP) is 2.27. The van der Waals surface area contributed by atoms with Gasteiger partial charge in [-0.2, -0.15) is 0 Å². The molecule has 34 heavy (non-hydrogen) atoms. The van der Waals surface area contributed by atoms with Crippen molar-refractivity contribution in [2.24, 2.45) is 9.98 Å². The van der Waals surface area contributed by atoms with Gasteiger partial charge in [0, 0.05) is 23.3 Å². The lowest BCUT2D eigenvalue weighted by atomic mass is 9.84. The Morgan fingerprint density at radius 1 is 1.15 bits per heavy atom. The largest absolute Gasteiger partial charge is 0.595 e. The predicted molar refractivity (Wildman–Crippen MR) is 137 cm³/mol. The maximum atomic E-state index is 11.7. The van der Waals surface area contributed by atoms with Crippen molar-refractivity contribution in [2.75, 3.05) is 27.2 Å². The first kappa shape index (κ1) is 26.1. The van der Waals surface area contributed by atoms with Gasteiger partial charge in [0.15, 0.2) is 0 Å². The molecule has 0 spiro atoms. The van der Waals surface area contributed by atoms with Crippen LogP contribution in [0.25, 0.3) is 20.8 Å². The van der Waals surface area contributed by atoms with Crippen LogP contribution in [0.15, 0.2) is 46.4 Å². The monoisotopic (exact) mass is 484 g/mol. The summed E-state index contributed by atoms with van der Waals surface area (Å²) in [6.07, 6.45) is 0.474. The zero-order chi connectivity index (χ0) is 25.1. The number of H-pyrrole nitrogens is 1. The molecule has 4 N–H and O–H groups in total. The van der Waals surface area contributed by atoms with E-state index >= 15 is 0 Å². The third-order valence-corrected chi connectivity index (χ3v) is 7.49. The summed E-state index contributed by atoms with van der Waals surface area (Å²) < 4.78 is 6.39. The van der Waals surface area contributed by atoms with E-state index in [-0.39, 0.29) is 11.6 Å². The van der Waals surface area contributed by atoms with Crippen LogP contribution >= 0.6 is 11.3 Å². The number of hydrogen-bond acceptors (Lipinski definition) is 6. The molecule has 0 aromatic heterocycles. The Kier molecular flexibility index (Phi) is 7.95. The Balaban J connectivity index is 1.86. The molecule has 1 aliphatic heterocycles. The lowest BCUT2D eigenvalue weighted by Gasteiger charge is -2.38. The molecule has 0 radical (unpaired) electrons. The summed E-state index contributed by atoms with van der Waals surface area (Å²) in [5.41, 5.74) is 7.39. The Labute approximate surface area is 206 Å². The van der Waals surface area contributed by atoms with E-state index in [1.807, 2.05) is 32.9 Å². The molecule has 1 aliphatic carbocycles. The maximum absolute atomic E-state index is 11.7. The van der Waals surface area contributed by atoms with Crippen LogP contribution in [0.2, 0.25) is 0 Å². The van der Waals surface area contributed by atoms with E-state index in [0.717, 1.165) is 27.9 Å². The summed E-state index contributed by atoms with van der Waals surface area (Å²) in [5, 5.41) is 12.6. The standard InChI is InChI=1S/C26H37N5O2S/c1-8-26(5,31(6)7)23(27)17-9-11-19-21(15-17)34-22-16-18(10-12-20(22)30-19)28-13-14-29-24(32)33-25(2,3)4/h9-12,15-16,23H,8,13-14,27H2,1-7H3,(H,29,32)/p+1. The number of likely N-dealkylation sites (N-methyl/N-ethyl adjacent to an activating group) is 1. The van der Waals surface area contributed by atoms with Gasteiger partial charge in [-0.25, -0.2) is 4.98 Å². The normalized spacial score (nSPS) is 16.3. The molecule has 2 unspecified atom stereocenters. The van der Waals surface area contributed by atoms with Crippen LogP contribution < -0.4 is 21.2 Å². The molecule has 8 heteroatoms. The average molecular weight is 485 g/mol. The number of nitrogens with zero attached hydrogens (tertiary/aromatic N) is 3. The lowest BCUT2D eigenvalue weighted by Crippen LogP contribution is -2.67. The molecular formula is C26H38N5O2S+. The molecule has 7 nitrogen and oxygen atoms in total. The second-order valence-corrected chi connectivity index (χ2v) is 11.1. The van der Waals surface area contributed by atoms with E-state index in [1.54, 1.807) is 11.3 Å². The minimum atomic E-state index is -0.544. The van der Waals surface area contributed by atoms with Gasteiger partial charge in [0.25, 0.3) is 0 Å². The van der Waals surface area contributed by atoms with E-state index in [9.17, 15) is 5.11 Å². The van der Waals surface area contributed by atoms with Gasteiger partial charge in [-0.05, 0) is 51.7 Å². The molecule has 1 aromatic rings. The zero-order valence-corrected chi connectivity index (χ0v) is 22.3. The number of rotatable bonds is 7. The Hall–Kier alpha value is -2.55. The first-order valence-electron chi connectivity index (χ1n) is 11.7. The number of ether oxygens (including phenoxy) is 1. The van der Waals surface area contributed by atoms with E-state index < -0.39 is 11.7 Å². The highest BCUT2D eigenvalue weighted by molar-refractivity contribution is 7.21. The Morgan fingerprint density at radius 2 is 1.88 bits per heavy atom. The van der Waals surface area contributed by atoms with Crippen LogP contribution in [0, 0.1) is 0 Å². The molecule has 3 rings (SSSR count). The smallest absolute Gasteiger partial charge is 0.221 e. The first-order chi connectivity index (χ1) is 15.9. The summed E-state index contributed by atoms with van der Waals surface area (Å²) >= 11 is 1.74. The average Bonchev–Trinajstić information content (AvgIpc) is 2.77. The zero-order valence-electron chi connectivity index (χ0n) is 21.4. The van der Waals surface area contributed by atoms with Crippen molar-refractivity contribution in [3.05, 3.63) is 47.3 Å². The number of aromatic nitrogens is 1. The summed E-state index contributed by atoms with van der Waals surface area (Å²) in [6.45, 7) is 10.7. The van der Waals surface area contributed by atoms with Crippen LogP contribution in [0.4, 0.5) is 0 Å². The molecule has 184 valence electrons. The number of aromatic amines is 1. The van der Waals surface area contributed by atoms with Gasteiger partial charge in [-0.3, -0.25) is 14.9 Å². The topological polar surface area (TPSA) is 102 Å². The number of quaternary nitrogens is 1. The molecule has 1 heterocycles. The van der Waals surface area contributed by atoms with Gasteiger partial charge in [-0.15, -0.1) is 11.3 Å². The number of aliphatic imine (C=N–C) groups is 1. The summed E-state index contributed by atoms with van der Waals surface area (Å²) in [6, 6.07) is 12.9. The molecule has 0 saturated carbocycles. The van der Waals surface area contributed by atoms with E-state index in [2.05, 4.69) is 77.8 Å². The van der Waals surface area contributed by atoms with Crippen LogP contribution in [0.5, 0.6) is 0 Å². The molecular weight excluding hydrogens is 446 g/mol. The van der Waals surface area contributed by atoms with Crippen molar-refractivity contribution < 1.29 is 20.6 Å². The highest BCUT2D eigenvalue weighted by atomic mass is 32.1. The van der Waals surface area contributed by atoms with Crippen LogP contribution in [0.3, 0.4) is 0 Å². The van der Waals surface area contributed by atoms with Gasteiger partial charge < -0.3 is 15.6 Å². The van der Waals surface area contributed by atoms with E-state index in [1.165, 1.54) is 10.3 Å². The second-order valence-electron chi connectivity index (χ2n) is 10.1. The van der Waals surface area contributed by atoms with Gasteiger partial charge in [0.1, 0.15) is 17.0 Å². The van der Waals surface area contributed by atoms with Crippen molar-refractivity contribution in [2.45, 2.75) is 58.2 Å². The molecule has 1 aromatic carbocycles. The summed E-state index contributed by atoms with van der Waals surface area (Å²) in [5.74, 6) is 0. The van der Waals surface area contributed by atoms with Gasteiger partial charge >= 0.3 is 0 Å². The molecule has 0 bridgehead atoms. The van der Waals surface area contributed by atoms with Crippen LogP contribution in [-0.2, 0) is 4.74 Å². The highest BCUT2D eigenvalue weighted by Crippen LogP contribution is 2.33. The van der Waals surface area contributed by atoms with Crippen molar-refractivity contribution in [1.29, 1.82) is 0 Å². The molecule has 2 aliphatic rings. The van der Waals surface area contributed by atoms with Crippen molar-refractivity contribution in [3.63, 3.8) is 0 Å². The Bertz CT molecular complexity index is 1200. The minimum Gasteiger partial charge on any atom is -0.595 e. The first-order valence-corrected chi connectivity index (χ1v) is 12.6. The van der Waals surface area contributed by atoms with Crippen molar-refractivity contribution in [1.82, 2.24) is 4.90 Å². The SMILES string of the molecule is CCC(C)(C([NH3+])c1ccc2[nH+]c3ccc(=NCCN=C([O-])OC(C)(C)C)cc-3sc2c1)N(C)C. The number of benzene rings is 2. The number of nitrogens with one attached hydrogen (secondary N) is 1. The lowest BCUT2D eigenvalue weighted by molar-refractivity contribution is -0.451. The van der Waals surface area contributed by atoms with Gasteiger partial charge in [-0.1, -0.05) is 27.7 Å². The fourth-order valence-corrected chi connectivity index (χ4v) is 4.92. The van der Waals surface area contributed by atoms with Gasteiger partial charge in [0.2, 0.25) is 11.2 Å². The minimum absolute atomic E-state index is 0.0185. The fourth-order valence-electron chi connectivity index (χ4n) is 3.85. The summed E-state index contributed by atoms with van der Waals surface area (Å²) in [4.78, 5) is 15.5. The number of fused-ring (bicyclic) bond motifs is 2. The van der Waals surface area contributed by atoms with Crippen LogP contribution in [-0.4, -0.2) is 49.3 Å². The van der Waals surface area contributed by atoms with E-state index in [4.69, 9.17) is 4.74 Å². The van der Waals surface area contributed by atoms with Crippen LogP contribution in [0.1, 0.15) is 52.6 Å². The third-order valence-electron chi connectivity index (χ3n) is 6.38. The van der Waals surface area contributed by atoms with Crippen molar-refractivity contribution >= 4 is 27.6 Å². The molecule has 0 amide bonds. The molecule has 0 saturated heterocycles. The fraction of sp³-hybridized carbons (Fsp3) is 0.500. The Morgan fingerprint density at radius 3 is 2.53 bits per heavy atom. The molecule has 0 fully saturated rings. The van der Waals surface area contributed by atoms with E-state index in [0.29, 0.717) is 13.1 Å². The summed E-state index contributed by atoms with van der Waals surface area (Å²) in [7, 11) is 4.25. The van der Waals surface area contributed by atoms with Crippen molar-refractivity contribution in [3.8, 4) is 10.6 Å². The quantitative estimate of drug-likeness (QED) is 0.241.